The second-order valence-corrected chi connectivity index (χ2v) is 9.21. The summed E-state index contributed by atoms with van der Waals surface area (Å²) in [4.78, 5) is 19.3. The number of carbonyl (C=O) groups excluding carboxylic acids is 1. The van der Waals surface area contributed by atoms with E-state index in [9.17, 15) is 4.79 Å². The first-order valence-electron chi connectivity index (χ1n) is 10.9. The van der Waals surface area contributed by atoms with Crippen LogP contribution in [0.5, 0.6) is 5.75 Å². The van der Waals surface area contributed by atoms with E-state index in [1.54, 1.807) is 21.9 Å². The molecular formula is C25H29N5O2S. The molecule has 0 unspecified atom stereocenters. The van der Waals surface area contributed by atoms with Gasteiger partial charge < -0.3 is 10.1 Å². The van der Waals surface area contributed by atoms with E-state index in [1.165, 1.54) is 11.1 Å². The van der Waals surface area contributed by atoms with Crippen LogP contribution in [0.25, 0.3) is 5.65 Å². The van der Waals surface area contributed by atoms with E-state index in [4.69, 9.17) is 4.74 Å². The summed E-state index contributed by atoms with van der Waals surface area (Å²) >= 11 is 1.72. The molecule has 33 heavy (non-hydrogen) atoms. The lowest BCUT2D eigenvalue weighted by Gasteiger charge is -2.18. The molecule has 1 N–H and O–H groups in total. The Balaban J connectivity index is 1.30. The zero-order valence-corrected chi connectivity index (χ0v) is 20.2. The third-order valence-electron chi connectivity index (χ3n) is 5.24. The van der Waals surface area contributed by atoms with Crippen molar-refractivity contribution in [3.8, 4) is 5.75 Å². The van der Waals surface area contributed by atoms with Crippen molar-refractivity contribution >= 4 is 22.9 Å². The van der Waals surface area contributed by atoms with Crippen molar-refractivity contribution in [2.75, 3.05) is 13.6 Å². The number of nitrogens with zero attached hydrogens (tertiary/aromatic N) is 4. The van der Waals surface area contributed by atoms with Gasteiger partial charge in [-0.15, -0.1) is 0 Å². The molecular weight excluding hydrogens is 434 g/mol. The predicted molar refractivity (Wildman–Crippen MR) is 131 cm³/mol. The van der Waals surface area contributed by atoms with Gasteiger partial charge in [0, 0.05) is 30.5 Å². The van der Waals surface area contributed by atoms with Crippen molar-refractivity contribution in [2.24, 2.45) is 0 Å². The van der Waals surface area contributed by atoms with Crippen LogP contribution in [0, 0.1) is 13.8 Å². The normalized spacial score (nSPS) is 12.3. The highest BCUT2D eigenvalue weighted by Crippen LogP contribution is 2.17. The molecule has 0 bridgehead atoms. The summed E-state index contributed by atoms with van der Waals surface area (Å²) in [6, 6.07) is 13.9. The Kier molecular flexibility index (Phi) is 7.05. The van der Waals surface area contributed by atoms with Crippen molar-refractivity contribution in [3.05, 3.63) is 81.4 Å². The van der Waals surface area contributed by atoms with Crippen LogP contribution in [0.4, 0.5) is 0 Å². The lowest BCUT2D eigenvalue weighted by atomic mass is 10.2. The first kappa shape index (κ1) is 22.9. The summed E-state index contributed by atoms with van der Waals surface area (Å²) in [5.74, 6) is 0.554. The highest BCUT2D eigenvalue weighted by atomic mass is 32.1. The maximum Gasteiger partial charge on any atom is 0.272 e. The van der Waals surface area contributed by atoms with E-state index < -0.39 is 0 Å². The fourth-order valence-corrected chi connectivity index (χ4v) is 4.44. The lowest BCUT2D eigenvalue weighted by Crippen LogP contribution is -2.33. The van der Waals surface area contributed by atoms with Crippen molar-refractivity contribution < 1.29 is 9.53 Å². The number of ether oxygens (including phenoxy) is 1. The Hall–Kier alpha value is -3.23. The third kappa shape index (κ3) is 5.97. The molecule has 0 radical (unpaired) electrons. The number of aromatic nitrogens is 3. The van der Waals surface area contributed by atoms with Crippen molar-refractivity contribution in [1.82, 2.24) is 24.8 Å². The molecule has 8 heteroatoms. The molecule has 0 saturated heterocycles. The minimum atomic E-state index is -0.239. The van der Waals surface area contributed by atoms with Crippen LogP contribution >= 0.6 is 11.3 Å². The molecule has 0 spiro atoms. The Morgan fingerprint density at radius 2 is 2.00 bits per heavy atom. The van der Waals surface area contributed by atoms with Crippen molar-refractivity contribution in [3.63, 3.8) is 0 Å². The van der Waals surface area contributed by atoms with Crippen LogP contribution in [-0.2, 0) is 13.1 Å². The zero-order chi connectivity index (χ0) is 23.4. The van der Waals surface area contributed by atoms with Gasteiger partial charge in [-0.2, -0.15) is 16.4 Å². The largest absolute Gasteiger partial charge is 0.489 e. The topological polar surface area (TPSA) is 71.8 Å². The van der Waals surface area contributed by atoms with Gasteiger partial charge in [0.15, 0.2) is 11.3 Å². The number of benzene rings is 1. The molecule has 172 valence electrons. The number of hydrogen-bond acceptors (Lipinski definition) is 6. The number of thiophene rings is 1. The Labute approximate surface area is 198 Å². The summed E-state index contributed by atoms with van der Waals surface area (Å²) in [5, 5.41) is 11.6. The van der Waals surface area contributed by atoms with E-state index in [0.29, 0.717) is 17.9 Å². The number of aryl methyl sites for hydroxylation is 2. The first-order chi connectivity index (χ1) is 15.9. The highest BCUT2D eigenvalue weighted by Gasteiger charge is 2.14. The van der Waals surface area contributed by atoms with E-state index in [1.807, 2.05) is 39.0 Å². The molecule has 0 fully saturated rings. The van der Waals surface area contributed by atoms with Gasteiger partial charge in [0.2, 0.25) is 0 Å². The lowest BCUT2D eigenvalue weighted by molar-refractivity contribution is 0.0927. The number of carbonyl (C=O) groups is 1. The van der Waals surface area contributed by atoms with Crippen LogP contribution in [-0.4, -0.2) is 45.1 Å². The summed E-state index contributed by atoms with van der Waals surface area (Å²) in [6.45, 7) is 7.93. The van der Waals surface area contributed by atoms with E-state index in [0.717, 1.165) is 30.2 Å². The molecule has 0 saturated carbocycles. The molecule has 3 aromatic heterocycles. The maximum absolute atomic E-state index is 12.6. The predicted octanol–water partition coefficient (Wildman–Crippen LogP) is 4.24. The standard InChI is InChI=1S/C25H29N5O2S/c1-17-10-18(2)30-24(27-17)12-23(28-30)25(31)26-13-19(3)32-22-7-5-6-20(11-22)14-29(4)15-21-8-9-33-16-21/h5-12,16,19H,13-15H2,1-4H3,(H,26,31)/t19-/m1/s1. The first-order valence-corrected chi connectivity index (χ1v) is 11.9. The second-order valence-electron chi connectivity index (χ2n) is 8.43. The number of fused-ring (bicyclic) bond motifs is 1. The molecule has 4 rings (SSSR count). The van der Waals surface area contributed by atoms with Gasteiger partial charge in [-0.25, -0.2) is 9.50 Å². The molecule has 7 nitrogen and oxygen atoms in total. The number of rotatable bonds is 9. The molecule has 1 aromatic carbocycles. The van der Waals surface area contributed by atoms with Crippen LogP contribution in [0.15, 0.2) is 53.2 Å². The van der Waals surface area contributed by atoms with Gasteiger partial charge in [0.1, 0.15) is 11.9 Å². The van der Waals surface area contributed by atoms with Crippen LogP contribution in [0.1, 0.15) is 39.9 Å². The van der Waals surface area contributed by atoms with Gasteiger partial charge in [-0.3, -0.25) is 9.69 Å². The van der Waals surface area contributed by atoms with Crippen LogP contribution in [0.2, 0.25) is 0 Å². The fraction of sp³-hybridized carbons (Fsp3) is 0.320. The number of hydrogen-bond donors (Lipinski definition) is 1. The molecule has 0 aliphatic heterocycles. The Morgan fingerprint density at radius 1 is 1.18 bits per heavy atom. The van der Waals surface area contributed by atoms with Gasteiger partial charge >= 0.3 is 0 Å². The summed E-state index contributed by atoms with van der Waals surface area (Å²) < 4.78 is 7.74. The highest BCUT2D eigenvalue weighted by molar-refractivity contribution is 7.07. The SMILES string of the molecule is Cc1cc(C)n2nc(C(=O)NC[C@@H](C)Oc3cccc(CN(C)Cc4ccsc4)c3)cc2n1. The minimum absolute atomic E-state index is 0.188. The van der Waals surface area contributed by atoms with Gasteiger partial charge in [0.05, 0.1) is 6.54 Å². The van der Waals surface area contributed by atoms with Crippen molar-refractivity contribution in [2.45, 2.75) is 40.0 Å². The number of nitrogens with one attached hydrogen (secondary N) is 1. The summed E-state index contributed by atoms with van der Waals surface area (Å²) in [7, 11) is 2.11. The van der Waals surface area contributed by atoms with Crippen molar-refractivity contribution in [1.29, 1.82) is 0 Å². The van der Waals surface area contributed by atoms with E-state index in [-0.39, 0.29) is 12.0 Å². The van der Waals surface area contributed by atoms with E-state index in [2.05, 4.69) is 56.3 Å². The monoisotopic (exact) mass is 463 g/mol. The average Bonchev–Trinajstić information content (AvgIpc) is 3.42. The molecule has 1 amide bonds. The molecule has 4 aromatic rings. The summed E-state index contributed by atoms with van der Waals surface area (Å²) in [6.07, 6.45) is -0.188. The third-order valence-corrected chi connectivity index (χ3v) is 5.97. The molecule has 1 atom stereocenters. The van der Waals surface area contributed by atoms with E-state index >= 15 is 0 Å². The Morgan fingerprint density at radius 3 is 2.79 bits per heavy atom. The minimum Gasteiger partial charge on any atom is -0.489 e. The molecule has 0 aliphatic rings. The van der Waals surface area contributed by atoms with Crippen LogP contribution < -0.4 is 10.1 Å². The maximum atomic E-state index is 12.6. The summed E-state index contributed by atoms with van der Waals surface area (Å²) in [5.41, 5.74) is 5.36. The number of amides is 1. The second kappa shape index (κ2) is 10.1. The van der Waals surface area contributed by atoms with Crippen LogP contribution in [0.3, 0.4) is 0 Å². The molecule has 3 heterocycles. The fourth-order valence-electron chi connectivity index (χ4n) is 3.78. The molecule has 0 aliphatic carbocycles. The van der Waals surface area contributed by atoms with Gasteiger partial charge in [-0.1, -0.05) is 12.1 Å². The Bertz CT molecular complexity index is 1240. The smallest absolute Gasteiger partial charge is 0.272 e. The quantitative estimate of drug-likeness (QED) is 0.402. The average molecular weight is 464 g/mol. The zero-order valence-electron chi connectivity index (χ0n) is 19.4. The van der Waals surface area contributed by atoms with Gasteiger partial charge in [-0.05, 0) is 74.0 Å². The van der Waals surface area contributed by atoms with Gasteiger partial charge in [0.25, 0.3) is 5.91 Å².